The van der Waals surface area contributed by atoms with Crippen LogP contribution in [0.25, 0.3) is 0 Å². The van der Waals surface area contributed by atoms with Gasteiger partial charge in [0.2, 0.25) is 0 Å². The molecule has 19 heavy (non-hydrogen) atoms. The topological polar surface area (TPSA) is 0 Å². The molecule has 0 spiro atoms. The second-order valence-corrected chi connectivity index (χ2v) is 8.69. The molecule has 2 rings (SSSR count). The molecule has 0 amide bonds. The lowest BCUT2D eigenvalue weighted by Crippen LogP contribution is -2.07. The van der Waals surface area contributed by atoms with Crippen molar-refractivity contribution in [1.29, 1.82) is 0 Å². The molecule has 1 aliphatic carbocycles. The third-order valence-corrected chi connectivity index (χ3v) is 5.47. The fraction of sp³-hybridized carbons (Fsp3) is 0.500. The molecule has 110 valence electrons. The minimum Gasteiger partial charge on any atom is -0.119 e. The second-order valence-electron chi connectivity index (χ2n) is 5.47. The third kappa shape index (κ3) is 2.70. The first-order valence-electron chi connectivity index (χ1n) is 5.67. The van der Waals surface area contributed by atoms with E-state index >= 15 is 0 Å². The van der Waals surface area contributed by atoms with Gasteiger partial charge in [-0.3, -0.25) is 0 Å². The molecule has 0 aliphatic heterocycles. The summed E-state index contributed by atoms with van der Waals surface area (Å²) in [7, 11) is -9.64. The van der Waals surface area contributed by atoms with Crippen molar-refractivity contribution in [2.75, 3.05) is 0 Å². The average Bonchev–Trinajstić information content (AvgIpc) is 2.61. The lowest BCUT2D eigenvalue weighted by atomic mass is 10.1. The van der Waals surface area contributed by atoms with Crippen molar-refractivity contribution in [2.45, 2.75) is 36.5 Å². The van der Waals surface area contributed by atoms with E-state index in [1.165, 1.54) is 13.0 Å². The van der Waals surface area contributed by atoms with Crippen LogP contribution in [0.5, 0.6) is 0 Å². The van der Waals surface area contributed by atoms with Gasteiger partial charge in [-0.2, -0.15) is 0 Å². The molecule has 0 heterocycles. The van der Waals surface area contributed by atoms with Crippen LogP contribution in [0, 0.1) is 12.8 Å². The Balaban J connectivity index is 2.56. The highest BCUT2D eigenvalue weighted by atomic mass is 35.5. The standard InChI is InChI=1S/C12H14ClF5S/c1-7-4-9(11-8(2)12(11,3)13)6-10(5-7)19(14,15,16,17)18/h4-6,8,11H,1-3H3. The molecule has 0 bridgehead atoms. The number of aryl methyl sites for hydroxylation is 1. The average molecular weight is 321 g/mol. The first kappa shape index (κ1) is 14.9. The summed E-state index contributed by atoms with van der Waals surface area (Å²) in [5.74, 6) is -0.366. The summed E-state index contributed by atoms with van der Waals surface area (Å²) >= 11 is 6.12. The quantitative estimate of drug-likeness (QED) is 0.438. The fourth-order valence-corrected chi connectivity index (χ4v) is 3.63. The number of hydrogen-bond donors (Lipinski definition) is 0. The zero-order valence-corrected chi connectivity index (χ0v) is 12.1. The molecule has 0 radical (unpaired) electrons. The number of alkyl halides is 1. The zero-order chi connectivity index (χ0) is 14.9. The largest absolute Gasteiger partial charge is 0.310 e. The Morgan fingerprint density at radius 2 is 1.58 bits per heavy atom. The Kier molecular flexibility index (Phi) is 2.53. The van der Waals surface area contributed by atoms with E-state index in [-0.39, 0.29) is 23.0 Å². The van der Waals surface area contributed by atoms with Crippen LogP contribution < -0.4 is 0 Å². The molecule has 1 aromatic rings. The van der Waals surface area contributed by atoms with Crippen LogP contribution >= 0.6 is 21.8 Å². The minimum atomic E-state index is -9.64. The van der Waals surface area contributed by atoms with E-state index in [0.717, 1.165) is 0 Å². The molecule has 3 atom stereocenters. The normalized spacial score (nSPS) is 34.6. The molecular formula is C12H14ClF5S. The van der Waals surface area contributed by atoms with Crippen LogP contribution in [-0.2, 0) is 0 Å². The third-order valence-electron chi connectivity index (χ3n) is 3.77. The minimum absolute atomic E-state index is 0.0395. The number of benzene rings is 1. The molecule has 3 unspecified atom stereocenters. The van der Waals surface area contributed by atoms with Crippen molar-refractivity contribution in [3.8, 4) is 0 Å². The number of hydrogen-bond acceptors (Lipinski definition) is 0. The van der Waals surface area contributed by atoms with Gasteiger partial charge in [-0.1, -0.05) is 32.4 Å². The zero-order valence-electron chi connectivity index (χ0n) is 10.6. The molecule has 0 N–H and O–H groups in total. The van der Waals surface area contributed by atoms with Gasteiger partial charge in [-0.25, -0.2) is 0 Å². The van der Waals surface area contributed by atoms with Gasteiger partial charge in [0.1, 0.15) is 4.90 Å². The van der Waals surface area contributed by atoms with Gasteiger partial charge in [0, 0.05) is 5.92 Å². The van der Waals surface area contributed by atoms with Gasteiger partial charge in [0.15, 0.2) is 0 Å². The Hall–Kier alpha value is -0.490. The van der Waals surface area contributed by atoms with Crippen molar-refractivity contribution in [1.82, 2.24) is 0 Å². The van der Waals surface area contributed by atoms with E-state index in [1.807, 2.05) is 0 Å². The van der Waals surface area contributed by atoms with Crippen molar-refractivity contribution in [3.63, 3.8) is 0 Å². The Morgan fingerprint density at radius 3 is 1.95 bits per heavy atom. The predicted molar refractivity (Wildman–Crippen MR) is 68.7 cm³/mol. The molecule has 0 nitrogen and oxygen atoms in total. The fourth-order valence-electron chi connectivity index (χ4n) is 2.48. The summed E-state index contributed by atoms with van der Waals surface area (Å²) in [5, 5.41) is 0. The predicted octanol–water partition coefficient (Wildman–Crippen LogP) is 6.38. The highest BCUT2D eigenvalue weighted by Gasteiger charge is 2.66. The molecule has 1 aliphatic rings. The van der Waals surface area contributed by atoms with Crippen LogP contribution in [0.1, 0.15) is 30.9 Å². The van der Waals surface area contributed by atoms with Crippen molar-refractivity contribution in [3.05, 3.63) is 29.3 Å². The molecule has 0 aromatic heterocycles. The lowest BCUT2D eigenvalue weighted by Gasteiger charge is -2.41. The summed E-state index contributed by atoms with van der Waals surface area (Å²) in [6.07, 6.45) is 0. The van der Waals surface area contributed by atoms with Crippen molar-refractivity contribution < 1.29 is 19.4 Å². The Morgan fingerprint density at radius 1 is 1.11 bits per heavy atom. The SMILES string of the molecule is Cc1cc(C2C(C)C2(C)Cl)cc(S(F)(F)(F)(F)F)c1. The van der Waals surface area contributed by atoms with E-state index in [2.05, 4.69) is 0 Å². The lowest BCUT2D eigenvalue weighted by molar-refractivity contribution is 0.363. The summed E-state index contributed by atoms with van der Waals surface area (Å²) in [4.78, 5) is -2.50. The maximum atomic E-state index is 12.8. The van der Waals surface area contributed by atoms with Gasteiger partial charge in [0.25, 0.3) is 0 Å². The molecule has 0 saturated heterocycles. The second kappa shape index (κ2) is 3.22. The molecule has 1 fully saturated rings. The smallest absolute Gasteiger partial charge is 0.119 e. The molecule has 7 heteroatoms. The Bertz CT molecular complexity index is 549. The van der Waals surface area contributed by atoms with E-state index in [9.17, 15) is 19.4 Å². The van der Waals surface area contributed by atoms with E-state index in [0.29, 0.717) is 12.1 Å². The van der Waals surface area contributed by atoms with E-state index in [1.54, 1.807) is 13.8 Å². The van der Waals surface area contributed by atoms with Crippen LogP contribution in [-0.4, -0.2) is 4.87 Å². The first-order valence-corrected chi connectivity index (χ1v) is 8.00. The van der Waals surface area contributed by atoms with Gasteiger partial charge in [-0.15, -0.1) is 11.6 Å². The first-order chi connectivity index (χ1) is 8.13. The maximum Gasteiger partial charge on any atom is 0.310 e. The van der Waals surface area contributed by atoms with E-state index < -0.39 is 20.0 Å². The summed E-state index contributed by atoms with van der Waals surface area (Å²) in [6, 6.07) is 2.52. The summed E-state index contributed by atoms with van der Waals surface area (Å²) in [5.41, 5.74) is 0.389. The highest BCUT2D eigenvalue weighted by Crippen LogP contribution is 3.02. The van der Waals surface area contributed by atoms with Crippen LogP contribution in [0.3, 0.4) is 0 Å². The van der Waals surface area contributed by atoms with Crippen molar-refractivity contribution in [2.24, 2.45) is 5.92 Å². The van der Waals surface area contributed by atoms with Gasteiger partial charge >= 0.3 is 10.2 Å². The van der Waals surface area contributed by atoms with Crippen molar-refractivity contribution >= 4 is 21.8 Å². The molecule has 1 aromatic carbocycles. The summed E-state index contributed by atoms with van der Waals surface area (Å²) in [6.45, 7) is 4.86. The summed E-state index contributed by atoms with van der Waals surface area (Å²) < 4.78 is 64.2. The molecular weight excluding hydrogens is 307 g/mol. The van der Waals surface area contributed by atoms with Gasteiger partial charge < -0.3 is 0 Å². The van der Waals surface area contributed by atoms with Crippen LogP contribution in [0.4, 0.5) is 19.4 Å². The number of halogens is 6. The maximum absolute atomic E-state index is 12.8. The van der Waals surface area contributed by atoms with Crippen LogP contribution in [0.15, 0.2) is 23.1 Å². The Labute approximate surface area is 113 Å². The van der Waals surface area contributed by atoms with Gasteiger partial charge in [0.05, 0.1) is 4.87 Å². The van der Waals surface area contributed by atoms with Crippen LogP contribution in [0.2, 0.25) is 0 Å². The van der Waals surface area contributed by atoms with E-state index in [4.69, 9.17) is 11.6 Å². The molecule has 1 saturated carbocycles. The highest BCUT2D eigenvalue weighted by molar-refractivity contribution is 8.45. The number of rotatable bonds is 2. The monoisotopic (exact) mass is 320 g/mol. The van der Waals surface area contributed by atoms with Gasteiger partial charge in [-0.05, 0) is 43.0 Å².